The van der Waals surface area contributed by atoms with Crippen molar-refractivity contribution in [2.45, 2.75) is 13.2 Å². The normalized spacial score (nSPS) is 15.3. The number of carbonyl (C=O) groups excluding carboxylic acids is 3. The number of imide groups is 2. The Hall–Kier alpha value is -4.20. The molecule has 8 heteroatoms. The highest BCUT2D eigenvalue weighted by atomic mass is 19.1. The predicted molar refractivity (Wildman–Crippen MR) is 108 cm³/mol. The number of carbonyl (C=O) groups is 3. The van der Waals surface area contributed by atoms with Crippen molar-refractivity contribution in [2.75, 3.05) is 0 Å². The molecule has 0 atom stereocenters. The van der Waals surface area contributed by atoms with E-state index in [2.05, 4.69) is 5.32 Å². The lowest BCUT2D eigenvalue weighted by atomic mass is 10.1. The van der Waals surface area contributed by atoms with Gasteiger partial charge in [0.15, 0.2) is 0 Å². The summed E-state index contributed by atoms with van der Waals surface area (Å²) in [5, 5.41) is 2.17. The average Bonchev–Trinajstić information content (AvgIpc) is 3.28. The fourth-order valence-electron chi connectivity index (χ4n) is 3.02. The van der Waals surface area contributed by atoms with Gasteiger partial charge in [0, 0.05) is 5.56 Å². The number of ether oxygens (including phenoxy) is 1. The summed E-state index contributed by atoms with van der Waals surface area (Å²) in [4.78, 5) is 38.2. The molecule has 1 fully saturated rings. The van der Waals surface area contributed by atoms with Crippen molar-refractivity contribution in [1.82, 2.24) is 10.2 Å². The van der Waals surface area contributed by atoms with Gasteiger partial charge in [-0.25, -0.2) is 9.18 Å². The van der Waals surface area contributed by atoms with Crippen molar-refractivity contribution in [3.63, 3.8) is 0 Å². The second-order valence-electron chi connectivity index (χ2n) is 6.74. The van der Waals surface area contributed by atoms with Gasteiger partial charge < -0.3 is 9.15 Å². The van der Waals surface area contributed by atoms with Gasteiger partial charge in [0.25, 0.3) is 11.8 Å². The minimum atomic E-state index is -0.815. The fourth-order valence-corrected chi connectivity index (χ4v) is 3.02. The molecule has 7 nitrogen and oxygen atoms in total. The summed E-state index contributed by atoms with van der Waals surface area (Å²) in [6.45, 7) is 0.0642. The van der Waals surface area contributed by atoms with Gasteiger partial charge in [-0.2, -0.15) is 0 Å². The first-order valence-corrected chi connectivity index (χ1v) is 9.39. The molecule has 0 aliphatic carbocycles. The molecule has 3 aromatic rings. The predicted octanol–water partition coefficient (Wildman–Crippen LogP) is 3.66. The Labute approximate surface area is 176 Å². The molecule has 1 aliphatic rings. The van der Waals surface area contributed by atoms with Gasteiger partial charge >= 0.3 is 6.03 Å². The van der Waals surface area contributed by atoms with Crippen LogP contribution < -0.4 is 10.1 Å². The summed E-state index contributed by atoms with van der Waals surface area (Å²) in [7, 11) is 0. The van der Waals surface area contributed by atoms with Crippen LogP contribution in [0.4, 0.5) is 9.18 Å². The molecule has 2 aromatic carbocycles. The van der Waals surface area contributed by atoms with Crippen molar-refractivity contribution in [1.29, 1.82) is 0 Å². The van der Waals surface area contributed by atoms with Crippen LogP contribution in [0.2, 0.25) is 0 Å². The molecule has 4 rings (SSSR count). The van der Waals surface area contributed by atoms with Crippen LogP contribution in [-0.4, -0.2) is 22.7 Å². The zero-order valence-electron chi connectivity index (χ0n) is 16.2. The molecule has 1 aromatic heterocycles. The Kier molecular flexibility index (Phi) is 5.61. The lowest BCUT2D eigenvalue weighted by Crippen LogP contribution is -2.53. The molecule has 0 unspecified atom stereocenters. The zero-order chi connectivity index (χ0) is 21.8. The minimum absolute atomic E-state index is 0.106. The number of furan rings is 1. The average molecular weight is 420 g/mol. The summed E-state index contributed by atoms with van der Waals surface area (Å²) in [5.74, 6) is -1.04. The van der Waals surface area contributed by atoms with Crippen molar-refractivity contribution in [2.24, 2.45) is 0 Å². The number of amides is 4. The highest BCUT2D eigenvalue weighted by molar-refractivity contribution is 6.31. The van der Waals surface area contributed by atoms with Crippen molar-refractivity contribution in [3.8, 4) is 5.75 Å². The highest BCUT2D eigenvalue weighted by Gasteiger charge is 2.36. The van der Waals surface area contributed by atoms with Gasteiger partial charge in [-0.3, -0.25) is 19.8 Å². The maximum Gasteiger partial charge on any atom is 0.331 e. The van der Waals surface area contributed by atoms with Gasteiger partial charge in [-0.1, -0.05) is 30.3 Å². The number of hydrogen-bond acceptors (Lipinski definition) is 5. The number of urea groups is 1. The first kappa shape index (κ1) is 20.1. The van der Waals surface area contributed by atoms with Crippen molar-refractivity contribution in [3.05, 3.63) is 95.2 Å². The third-order valence-electron chi connectivity index (χ3n) is 4.61. The molecular formula is C23H17FN2O5. The maximum absolute atomic E-state index is 13.1. The molecule has 0 bridgehead atoms. The smallest absolute Gasteiger partial charge is 0.331 e. The molecule has 1 aliphatic heterocycles. The largest absolute Gasteiger partial charge is 0.488 e. The van der Waals surface area contributed by atoms with Crippen LogP contribution in [0.25, 0.3) is 6.08 Å². The third kappa shape index (κ3) is 4.53. The minimum Gasteiger partial charge on any atom is -0.488 e. The number of nitrogens with zero attached hydrogens (tertiary/aromatic N) is 1. The summed E-state index contributed by atoms with van der Waals surface area (Å²) >= 11 is 0. The van der Waals surface area contributed by atoms with Crippen LogP contribution in [0, 0.1) is 5.82 Å². The molecule has 1 N–H and O–H groups in total. The lowest BCUT2D eigenvalue weighted by molar-refractivity contribution is -0.130. The molecule has 4 amide bonds. The summed E-state index contributed by atoms with van der Waals surface area (Å²) in [6.07, 6.45) is 2.80. The molecule has 0 spiro atoms. The number of hydrogen-bond donors (Lipinski definition) is 1. The highest BCUT2D eigenvalue weighted by Crippen LogP contribution is 2.24. The summed E-state index contributed by atoms with van der Waals surface area (Å²) in [5.41, 5.74) is 1.03. The second-order valence-corrected chi connectivity index (χ2v) is 6.74. The van der Waals surface area contributed by atoms with Gasteiger partial charge in [-0.05, 0) is 42.0 Å². The van der Waals surface area contributed by atoms with Crippen molar-refractivity contribution < 1.29 is 27.9 Å². The lowest BCUT2D eigenvalue weighted by Gasteiger charge is -2.25. The van der Waals surface area contributed by atoms with Gasteiger partial charge in [0.1, 0.15) is 29.5 Å². The molecule has 0 radical (unpaired) electrons. The Balaban J connectivity index is 1.57. The van der Waals surface area contributed by atoms with Crippen LogP contribution in [0.3, 0.4) is 0 Å². The zero-order valence-corrected chi connectivity index (χ0v) is 16.2. The van der Waals surface area contributed by atoms with Gasteiger partial charge in [-0.15, -0.1) is 0 Å². The standard InChI is InChI=1S/C23H17FN2O5/c24-17-9-7-15(8-10-17)14-31-20-6-2-1-4-16(20)12-19-21(27)25-23(29)26(22(19)28)13-18-5-3-11-30-18/h1-12H,13-14H2,(H,25,27,29)/b19-12+. The molecular weight excluding hydrogens is 403 g/mol. The third-order valence-corrected chi connectivity index (χ3v) is 4.61. The molecule has 31 heavy (non-hydrogen) atoms. The van der Waals surface area contributed by atoms with E-state index >= 15 is 0 Å². The number of barbiturate groups is 1. The SMILES string of the molecule is O=C1NC(=O)N(Cc2ccco2)C(=O)/C1=C/c1ccccc1OCc1ccc(F)cc1. The molecule has 2 heterocycles. The molecule has 1 saturated heterocycles. The van der Waals surface area contributed by atoms with E-state index in [0.717, 1.165) is 10.5 Å². The monoisotopic (exact) mass is 420 g/mol. The van der Waals surface area contributed by atoms with E-state index in [4.69, 9.17) is 9.15 Å². The number of rotatable bonds is 6. The fraction of sp³-hybridized carbons (Fsp3) is 0.0870. The van der Waals surface area contributed by atoms with Crippen LogP contribution >= 0.6 is 0 Å². The van der Waals surface area contributed by atoms with Crippen LogP contribution in [0.15, 0.2) is 76.9 Å². The Morgan fingerprint density at radius 3 is 2.52 bits per heavy atom. The Morgan fingerprint density at radius 2 is 1.77 bits per heavy atom. The van der Waals surface area contributed by atoms with E-state index in [-0.39, 0.29) is 24.5 Å². The number of benzene rings is 2. The first-order valence-electron chi connectivity index (χ1n) is 9.39. The van der Waals surface area contributed by atoms with Gasteiger partial charge in [0.2, 0.25) is 0 Å². The summed E-state index contributed by atoms with van der Waals surface area (Å²) < 4.78 is 24.1. The first-order chi connectivity index (χ1) is 15.0. The number of para-hydroxylation sites is 1. The van der Waals surface area contributed by atoms with Crippen LogP contribution in [-0.2, 0) is 22.7 Å². The van der Waals surface area contributed by atoms with Crippen LogP contribution in [0.1, 0.15) is 16.9 Å². The topological polar surface area (TPSA) is 88.9 Å². The van der Waals surface area contributed by atoms with Crippen molar-refractivity contribution >= 4 is 23.9 Å². The van der Waals surface area contributed by atoms with E-state index in [1.807, 2.05) is 0 Å². The maximum atomic E-state index is 13.1. The van der Waals surface area contributed by atoms with Crippen LogP contribution in [0.5, 0.6) is 5.75 Å². The van der Waals surface area contributed by atoms with E-state index < -0.39 is 17.8 Å². The second kappa shape index (κ2) is 8.66. The molecule has 0 saturated carbocycles. The van der Waals surface area contributed by atoms with E-state index in [9.17, 15) is 18.8 Å². The van der Waals surface area contributed by atoms with E-state index in [1.165, 1.54) is 24.5 Å². The summed E-state index contributed by atoms with van der Waals surface area (Å²) in [6, 6.07) is 15.2. The number of nitrogens with one attached hydrogen (secondary N) is 1. The Bertz CT molecular complexity index is 1150. The van der Waals surface area contributed by atoms with E-state index in [0.29, 0.717) is 17.1 Å². The Morgan fingerprint density at radius 1 is 1.00 bits per heavy atom. The number of halogens is 1. The van der Waals surface area contributed by atoms with Gasteiger partial charge in [0.05, 0.1) is 12.8 Å². The quantitative estimate of drug-likeness (QED) is 0.486. The van der Waals surface area contributed by atoms with E-state index in [1.54, 1.807) is 48.5 Å². The molecule has 156 valence electrons.